The number of rotatable bonds is 7. The van der Waals surface area contributed by atoms with Crippen LogP contribution in [0.15, 0.2) is 65.1 Å². The maximum atomic E-state index is 13.1. The lowest BCUT2D eigenvalue weighted by molar-refractivity contribution is -0.0938. The molecule has 2 heterocycles. The van der Waals surface area contributed by atoms with Crippen molar-refractivity contribution >= 4 is 29.5 Å². The molecule has 2 fully saturated rings. The summed E-state index contributed by atoms with van der Waals surface area (Å²) in [5.74, 6) is 2.45. The topological polar surface area (TPSA) is 34.8 Å². The van der Waals surface area contributed by atoms with E-state index in [0.717, 1.165) is 53.3 Å². The molecule has 6 heteroatoms. The molecule has 4 nitrogen and oxygen atoms in total. The van der Waals surface area contributed by atoms with Crippen molar-refractivity contribution in [2.45, 2.75) is 32.6 Å². The molecule has 35 heavy (non-hydrogen) atoms. The van der Waals surface area contributed by atoms with Gasteiger partial charge in [0, 0.05) is 34.5 Å². The van der Waals surface area contributed by atoms with E-state index in [1.54, 1.807) is 12.1 Å². The number of thiol groups is 1. The van der Waals surface area contributed by atoms with E-state index < -0.39 is 0 Å². The minimum atomic E-state index is -0.284. The van der Waals surface area contributed by atoms with Crippen molar-refractivity contribution in [2.75, 3.05) is 24.1 Å². The summed E-state index contributed by atoms with van der Waals surface area (Å²) in [6.45, 7) is 6.74. The van der Waals surface area contributed by atoms with Crippen LogP contribution in [0.2, 0.25) is 0 Å². The summed E-state index contributed by atoms with van der Waals surface area (Å²) in [6.07, 6.45) is 2.44. The number of hydrogen-bond donors (Lipinski definition) is 1. The number of furan rings is 1. The van der Waals surface area contributed by atoms with E-state index in [4.69, 9.17) is 26.7 Å². The van der Waals surface area contributed by atoms with Crippen molar-refractivity contribution in [1.82, 2.24) is 0 Å². The molecule has 1 aliphatic carbocycles. The van der Waals surface area contributed by atoms with Gasteiger partial charge < -0.3 is 18.2 Å². The first-order valence-corrected chi connectivity index (χ1v) is 12.4. The van der Waals surface area contributed by atoms with E-state index in [2.05, 4.69) is 30.3 Å². The molecule has 0 amide bonds. The van der Waals surface area contributed by atoms with Gasteiger partial charge in [0.05, 0.1) is 18.9 Å². The highest BCUT2D eigenvalue weighted by molar-refractivity contribution is 7.81. The number of aryl methyl sites for hydroxylation is 1. The predicted molar refractivity (Wildman–Crippen MR) is 140 cm³/mol. The van der Waals surface area contributed by atoms with Crippen molar-refractivity contribution in [1.29, 1.82) is 0 Å². The van der Waals surface area contributed by atoms with Gasteiger partial charge in [0.1, 0.15) is 28.7 Å². The van der Waals surface area contributed by atoms with Gasteiger partial charge in [0.15, 0.2) is 0 Å². The molecule has 1 saturated carbocycles. The number of nitrogens with zero attached hydrogens (tertiary/aromatic N) is 1. The van der Waals surface area contributed by atoms with Gasteiger partial charge >= 0.3 is 0 Å². The molecule has 0 atom stereocenters. The highest BCUT2D eigenvalue weighted by atomic mass is 32.1. The van der Waals surface area contributed by atoms with Crippen molar-refractivity contribution in [2.24, 2.45) is 5.41 Å². The number of benzene rings is 3. The molecule has 3 aromatic carbocycles. The minimum Gasteiger partial charge on any atom is -0.457 e. The Morgan fingerprint density at radius 1 is 1.03 bits per heavy atom. The van der Waals surface area contributed by atoms with Crippen LogP contribution in [0.3, 0.4) is 0 Å². The third kappa shape index (κ3) is 4.41. The molecule has 2 aliphatic rings. The van der Waals surface area contributed by atoms with Gasteiger partial charge in [-0.05, 0) is 85.8 Å². The third-order valence-electron chi connectivity index (χ3n) is 6.98. The summed E-state index contributed by atoms with van der Waals surface area (Å²) in [5, 5.41) is 1.15. The molecule has 180 valence electrons. The third-order valence-corrected chi connectivity index (χ3v) is 7.34. The summed E-state index contributed by atoms with van der Waals surface area (Å²) in [5.41, 5.74) is 5.62. The van der Waals surface area contributed by atoms with Crippen LogP contribution in [0, 0.1) is 18.2 Å². The standard InChI is InChI=1S/C29H28FNO3S/c1-18-24-13-25(19-3-4-19)26(31(35)15-29(2)16-32-17-29)14-27(24)34-28(18)20-5-9-22(10-6-20)33-23-11-7-21(30)8-12-23/h5-14,19,35H,3-4,15-17H2,1-2H3. The SMILES string of the molecule is Cc1c(-c2ccc(Oc3ccc(F)cc3)cc2)oc2cc(N(S)CC3(C)COC3)c(C3CC3)cc12. The van der Waals surface area contributed by atoms with E-state index >= 15 is 0 Å². The maximum Gasteiger partial charge on any atom is 0.138 e. The van der Waals surface area contributed by atoms with Crippen LogP contribution in [0.25, 0.3) is 22.3 Å². The lowest BCUT2D eigenvalue weighted by Gasteiger charge is -2.41. The normalized spacial score (nSPS) is 16.8. The first-order valence-electron chi connectivity index (χ1n) is 12.0. The predicted octanol–water partition coefficient (Wildman–Crippen LogP) is 7.90. The van der Waals surface area contributed by atoms with Gasteiger partial charge in [-0.15, -0.1) is 0 Å². The average molecular weight is 490 g/mol. The van der Waals surface area contributed by atoms with Gasteiger partial charge in [0.2, 0.25) is 0 Å². The summed E-state index contributed by atoms with van der Waals surface area (Å²) in [4.78, 5) is 0. The molecule has 0 spiro atoms. The molecular formula is C29H28FNO3S. The van der Waals surface area contributed by atoms with Crippen LogP contribution < -0.4 is 9.04 Å². The van der Waals surface area contributed by atoms with Crippen molar-refractivity contribution in [3.63, 3.8) is 0 Å². The molecule has 0 unspecified atom stereocenters. The first kappa shape index (κ1) is 22.5. The lowest BCUT2D eigenvalue weighted by Crippen LogP contribution is -2.46. The zero-order valence-corrected chi connectivity index (χ0v) is 20.8. The van der Waals surface area contributed by atoms with Crippen LogP contribution in [0.1, 0.15) is 36.8 Å². The largest absolute Gasteiger partial charge is 0.457 e. The highest BCUT2D eigenvalue weighted by Gasteiger charge is 2.36. The second-order valence-corrected chi connectivity index (χ2v) is 10.7. The van der Waals surface area contributed by atoms with E-state index in [0.29, 0.717) is 17.4 Å². The summed E-state index contributed by atoms with van der Waals surface area (Å²) >= 11 is 4.88. The Hall–Kier alpha value is -2.96. The quantitative estimate of drug-likeness (QED) is 0.268. The number of anilines is 1. The van der Waals surface area contributed by atoms with E-state index in [9.17, 15) is 4.39 Å². The monoisotopic (exact) mass is 489 g/mol. The fourth-order valence-corrected chi connectivity index (χ4v) is 5.31. The van der Waals surface area contributed by atoms with E-state index in [1.165, 1.54) is 30.5 Å². The Morgan fingerprint density at radius 3 is 2.29 bits per heavy atom. The fraction of sp³-hybridized carbons (Fsp3) is 0.310. The van der Waals surface area contributed by atoms with E-state index in [1.807, 2.05) is 24.3 Å². The Labute approximate surface area is 210 Å². The molecule has 0 N–H and O–H groups in total. The van der Waals surface area contributed by atoms with Gasteiger partial charge in [-0.2, -0.15) is 0 Å². The Morgan fingerprint density at radius 2 is 1.69 bits per heavy atom. The van der Waals surface area contributed by atoms with E-state index in [-0.39, 0.29) is 11.2 Å². The van der Waals surface area contributed by atoms with Crippen LogP contribution in [-0.4, -0.2) is 19.8 Å². The van der Waals surface area contributed by atoms with Crippen LogP contribution >= 0.6 is 12.8 Å². The summed E-state index contributed by atoms with van der Waals surface area (Å²) < 4.78 is 32.9. The maximum absolute atomic E-state index is 13.1. The van der Waals surface area contributed by atoms with Crippen LogP contribution in [-0.2, 0) is 4.74 Å². The smallest absolute Gasteiger partial charge is 0.138 e. The number of hydrogen-bond acceptors (Lipinski definition) is 5. The fourth-order valence-electron chi connectivity index (χ4n) is 4.79. The second-order valence-electron chi connectivity index (χ2n) is 10.2. The van der Waals surface area contributed by atoms with Gasteiger partial charge in [-0.1, -0.05) is 19.7 Å². The first-order chi connectivity index (χ1) is 16.9. The molecule has 6 rings (SSSR count). The zero-order valence-electron chi connectivity index (χ0n) is 19.9. The zero-order chi connectivity index (χ0) is 24.2. The number of fused-ring (bicyclic) bond motifs is 1. The molecule has 1 aliphatic heterocycles. The van der Waals surface area contributed by atoms with Crippen molar-refractivity contribution in [3.05, 3.63) is 77.6 Å². The summed E-state index contributed by atoms with van der Waals surface area (Å²) in [6, 6.07) is 18.3. The molecule has 1 aromatic heterocycles. The molecule has 1 saturated heterocycles. The van der Waals surface area contributed by atoms with Crippen LogP contribution in [0.4, 0.5) is 10.1 Å². The Bertz CT molecular complexity index is 1370. The number of ether oxygens (including phenoxy) is 2. The average Bonchev–Trinajstić information content (AvgIpc) is 3.63. The lowest BCUT2D eigenvalue weighted by atomic mass is 9.88. The molecule has 0 bridgehead atoms. The molecule has 4 aromatic rings. The highest BCUT2D eigenvalue weighted by Crippen LogP contribution is 2.48. The second kappa shape index (κ2) is 8.61. The van der Waals surface area contributed by atoms with Gasteiger partial charge in [-0.25, -0.2) is 4.39 Å². The summed E-state index contributed by atoms with van der Waals surface area (Å²) in [7, 11) is 0. The van der Waals surface area contributed by atoms with Crippen molar-refractivity contribution < 1.29 is 18.3 Å². The Balaban J connectivity index is 1.31. The van der Waals surface area contributed by atoms with Gasteiger partial charge in [0.25, 0.3) is 0 Å². The van der Waals surface area contributed by atoms with Crippen molar-refractivity contribution in [3.8, 4) is 22.8 Å². The molecular weight excluding hydrogens is 461 g/mol. The minimum absolute atomic E-state index is 0.138. The Kier molecular flexibility index (Phi) is 5.53. The number of halogens is 1. The van der Waals surface area contributed by atoms with Gasteiger partial charge in [-0.3, -0.25) is 0 Å². The molecule has 0 radical (unpaired) electrons. The van der Waals surface area contributed by atoms with Crippen LogP contribution in [0.5, 0.6) is 11.5 Å².